The van der Waals surface area contributed by atoms with Crippen molar-refractivity contribution in [3.8, 4) is 5.75 Å². The number of carbonyl (C=O) groups excluding carboxylic acids is 1. The van der Waals surface area contributed by atoms with Gasteiger partial charge in [0.15, 0.2) is 0 Å². The molecule has 1 aliphatic rings. The van der Waals surface area contributed by atoms with Gasteiger partial charge in [-0.2, -0.15) is 4.31 Å². The third kappa shape index (κ3) is 4.63. The number of carbonyl (C=O) groups is 1. The molecular weight excluding hydrogens is 406 g/mol. The van der Waals surface area contributed by atoms with E-state index in [0.717, 1.165) is 5.56 Å². The Bertz CT molecular complexity index is 950. The van der Waals surface area contributed by atoms with Crippen molar-refractivity contribution < 1.29 is 23.2 Å². The van der Waals surface area contributed by atoms with Crippen molar-refractivity contribution in [3.05, 3.63) is 54.4 Å². The molecule has 1 saturated heterocycles. The minimum Gasteiger partial charge on any atom is -0.497 e. The molecule has 2 N–H and O–H groups in total. The van der Waals surface area contributed by atoms with E-state index >= 15 is 0 Å². The monoisotopic (exact) mass is 433 g/mol. The Labute approximate surface area is 176 Å². The fourth-order valence-corrected chi connectivity index (χ4v) is 5.85. The van der Waals surface area contributed by atoms with E-state index in [0.29, 0.717) is 25.0 Å². The molecule has 162 valence electrons. The van der Waals surface area contributed by atoms with Crippen molar-refractivity contribution in [2.75, 3.05) is 13.7 Å². The molecule has 0 bridgehead atoms. The lowest BCUT2D eigenvalue weighted by molar-refractivity contribution is -0.136. The second kappa shape index (κ2) is 9.55. The molecule has 9 heteroatoms. The van der Waals surface area contributed by atoms with Crippen molar-refractivity contribution in [1.82, 2.24) is 14.8 Å². The van der Waals surface area contributed by atoms with Crippen LogP contribution in [0.3, 0.4) is 0 Å². The molecular formula is C21H27N3O5S. The summed E-state index contributed by atoms with van der Waals surface area (Å²) in [4.78, 5) is 16.8. The minimum atomic E-state index is -3.94. The largest absolute Gasteiger partial charge is 0.497 e. The lowest BCUT2D eigenvalue weighted by Gasteiger charge is -2.41. The maximum atomic E-state index is 13.4. The van der Waals surface area contributed by atoms with E-state index in [4.69, 9.17) is 4.74 Å². The topological polar surface area (TPSA) is 109 Å². The SMILES string of the molecule is COc1ccc(S(=O)(=O)N2CCC[C@H](C(C)Cc3cccnc3)[C@@H]2C(=O)NO)cc1. The van der Waals surface area contributed by atoms with E-state index in [1.807, 2.05) is 19.1 Å². The summed E-state index contributed by atoms with van der Waals surface area (Å²) in [6.07, 6.45) is 5.44. The number of pyridine rings is 1. The number of aromatic nitrogens is 1. The quantitative estimate of drug-likeness (QED) is 0.512. The highest BCUT2D eigenvalue weighted by Crippen LogP contribution is 2.35. The molecule has 1 aromatic carbocycles. The maximum absolute atomic E-state index is 13.4. The number of nitrogens with zero attached hydrogens (tertiary/aromatic N) is 2. The van der Waals surface area contributed by atoms with Crippen LogP contribution in [0.1, 0.15) is 25.3 Å². The highest BCUT2D eigenvalue weighted by Gasteiger charge is 2.45. The summed E-state index contributed by atoms with van der Waals surface area (Å²) < 4.78 is 33.0. The Hall–Kier alpha value is -2.49. The number of piperidine rings is 1. The van der Waals surface area contributed by atoms with Gasteiger partial charge in [-0.15, -0.1) is 0 Å². The number of ether oxygens (including phenoxy) is 1. The molecule has 0 saturated carbocycles. The van der Waals surface area contributed by atoms with Gasteiger partial charge in [-0.3, -0.25) is 15.0 Å². The van der Waals surface area contributed by atoms with Crippen molar-refractivity contribution in [1.29, 1.82) is 0 Å². The fourth-order valence-electron chi connectivity index (χ4n) is 4.18. The smallest absolute Gasteiger partial charge is 0.262 e. The first-order valence-corrected chi connectivity index (χ1v) is 11.3. The molecule has 1 aromatic heterocycles. The summed E-state index contributed by atoms with van der Waals surface area (Å²) in [7, 11) is -2.43. The predicted molar refractivity (Wildman–Crippen MR) is 110 cm³/mol. The van der Waals surface area contributed by atoms with E-state index in [9.17, 15) is 18.4 Å². The minimum absolute atomic E-state index is 0.00497. The lowest BCUT2D eigenvalue weighted by atomic mass is 9.78. The third-order valence-corrected chi connectivity index (χ3v) is 7.58. The molecule has 1 fully saturated rings. The van der Waals surface area contributed by atoms with Gasteiger partial charge in [-0.05, 0) is 67.0 Å². The van der Waals surface area contributed by atoms with Crippen LogP contribution in [0, 0.1) is 11.8 Å². The summed E-state index contributed by atoms with van der Waals surface area (Å²) in [6.45, 7) is 2.21. The van der Waals surface area contributed by atoms with E-state index in [1.54, 1.807) is 30.0 Å². The standard InChI is InChI=1S/C21H27N3O5S/c1-15(13-16-5-3-11-22-14-16)19-6-4-12-24(20(19)21(25)23-26)30(27,28)18-9-7-17(29-2)8-10-18/h3,5,7-11,14-15,19-20,26H,4,6,12-13H2,1-2H3,(H,23,25)/t15?,19-,20-/m1/s1. The normalized spacial score (nSPS) is 21.0. The van der Waals surface area contributed by atoms with Crippen LogP contribution in [0.4, 0.5) is 0 Å². The van der Waals surface area contributed by atoms with Gasteiger partial charge in [0.25, 0.3) is 5.91 Å². The van der Waals surface area contributed by atoms with Gasteiger partial charge in [0.1, 0.15) is 11.8 Å². The van der Waals surface area contributed by atoms with Gasteiger partial charge in [0.05, 0.1) is 12.0 Å². The van der Waals surface area contributed by atoms with Gasteiger partial charge < -0.3 is 4.74 Å². The summed E-state index contributed by atoms with van der Waals surface area (Å²) in [6, 6.07) is 8.87. The number of hydrogen-bond donors (Lipinski definition) is 2. The van der Waals surface area contributed by atoms with Crippen LogP contribution in [0.15, 0.2) is 53.7 Å². The van der Waals surface area contributed by atoms with E-state index in [-0.39, 0.29) is 23.3 Å². The summed E-state index contributed by atoms with van der Waals surface area (Å²) >= 11 is 0. The zero-order valence-corrected chi connectivity index (χ0v) is 17.9. The Morgan fingerprint density at radius 2 is 2.07 bits per heavy atom. The number of hydrogen-bond acceptors (Lipinski definition) is 6. The molecule has 3 rings (SSSR count). The Balaban J connectivity index is 1.91. The highest BCUT2D eigenvalue weighted by atomic mass is 32.2. The predicted octanol–water partition coefficient (Wildman–Crippen LogP) is 2.24. The van der Waals surface area contributed by atoms with Gasteiger partial charge >= 0.3 is 0 Å². The maximum Gasteiger partial charge on any atom is 0.262 e. The molecule has 0 aliphatic carbocycles. The van der Waals surface area contributed by atoms with Crippen molar-refractivity contribution in [3.63, 3.8) is 0 Å². The van der Waals surface area contributed by atoms with Crippen LogP contribution in [-0.2, 0) is 21.2 Å². The number of amides is 1. The first-order valence-electron chi connectivity index (χ1n) is 9.87. The van der Waals surface area contributed by atoms with Gasteiger partial charge in [0.2, 0.25) is 10.0 Å². The van der Waals surface area contributed by atoms with Crippen LogP contribution in [0.5, 0.6) is 5.75 Å². The molecule has 0 spiro atoms. The first-order chi connectivity index (χ1) is 14.4. The van der Waals surface area contributed by atoms with Crippen molar-refractivity contribution in [2.24, 2.45) is 11.8 Å². The van der Waals surface area contributed by atoms with E-state index in [2.05, 4.69) is 4.98 Å². The molecule has 2 heterocycles. The Morgan fingerprint density at radius 1 is 1.33 bits per heavy atom. The van der Waals surface area contributed by atoms with Crippen LogP contribution in [-0.4, -0.2) is 48.5 Å². The van der Waals surface area contributed by atoms with Crippen LogP contribution >= 0.6 is 0 Å². The fraction of sp³-hybridized carbons (Fsp3) is 0.429. The van der Waals surface area contributed by atoms with Gasteiger partial charge in [-0.25, -0.2) is 13.9 Å². The molecule has 1 amide bonds. The van der Waals surface area contributed by atoms with E-state index in [1.165, 1.54) is 23.5 Å². The second-order valence-corrected chi connectivity index (χ2v) is 9.45. The Kier molecular flexibility index (Phi) is 7.06. The van der Waals surface area contributed by atoms with E-state index < -0.39 is 22.0 Å². The number of nitrogens with one attached hydrogen (secondary N) is 1. The summed E-state index contributed by atoms with van der Waals surface area (Å²) in [5, 5.41) is 9.35. The zero-order valence-electron chi connectivity index (χ0n) is 17.1. The summed E-state index contributed by atoms with van der Waals surface area (Å²) in [5.74, 6) is -0.417. The second-order valence-electron chi connectivity index (χ2n) is 7.56. The average Bonchev–Trinajstić information content (AvgIpc) is 2.78. The van der Waals surface area contributed by atoms with Crippen LogP contribution < -0.4 is 10.2 Å². The molecule has 2 aromatic rings. The first kappa shape index (κ1) is 22.2. The zero-order chi connectivity index (χ0) is 21.7. The number of sulfonamides is 1. The number of methoxy groups -OCH3 is 1. The average molecular weight is 434 g/mol. The number of hydroxylamine groups is 1. The number of benzene rings is 1. The van der Waals surface area contributed by atoms with Crippen LogP contribution in [0.25, 0.3) is 0 Å². The van der Waals surface area contributed by atoms with Crippen molar-refractivity contribution >= 4 is 15.9 Å². The molecule has 3 atom stereocenters. The third-order valence-electron chi connectivity index (χ3n) is 5.69. The van der Waals surface area contributed by atoms with Crippen molar-refractivity contribution in [2.45, 2.75) is 37.1 Å². The van der Waals surface area contributed by atoms with Gasteiger partial charge in [-0.1, -0.05) is 13.0 Å². The molecule has 1 unspecified atom stereocenters. The number of rotatable bonds is 7. The summed E-state index contributed by atoms with van der Waals surface area (Å²) in [5.41, 5.74) is 2.69. The molecule has 8 nitrogen and oxygen atoms in total. The molecule has 30 heavy (non-hydrogen) atoms. The van der Waals surface area contributed by atoms with Gasteiger partial charge in [0, 0.05) is 18.9 Å². The lowest BCUT2D eigenvalue weighted by Crippen LogP contribution is -2.56. The highest BCUT2D eigenvalue weighted by molar-refractivity contribution is 7.89. The molecule has 1 aliphatic heterocycles. The Morgan fingerprint density at radius 3 is 2.67 bits per heavy atom. The van der Waals surface area contributed by atoms with Crippen LogP contribution in [0.2, 0.25) is 0 Å². The molecule has 0 radical (unpaired) electrons.